The van der Waals surface area contributed by atoms with Gasteiger partial charge in [0.2, 0.25) is 0 Å². The minimum atomic E-state index is -1.69. The number of anilines is 1. The van der Waals surface area contributed by atoms with Crippen molar-refractivity contribution in [2.45, 2.75) is 0 Å². The smallest absolute Gasteiger partial charge is 0.275 e. The zero-order valence-corrected chi connectivity index (χ0v) is 10.8. The standard InChI is InChI=1S/C14H7F4N3O/c15-7-1-4-11-19-10(6-21(11)5-7)14(22)20-9-3-2-8(16)12(17)13(9)18/h1-6H,(H,20,22). The number of rotatable bonds is 2. The number of halogens is 4. The van der Waals surface area contributed by atoms with Crippen LogP contribution < -0.4 is 5.32 Å². The van der Waals surface area contributed by atoms with E-state index in [1.54, 1.807) is 0 Å². The van der Waals surface area contributed by atoms with Gasteiger partial charge in [0.05, 0.1) is 5.69 Å². The third kappa shape index (κ3) is 2.39. The molecule has 3 rings (SSSR count). The van der Waals surface area contributed by atoms with Crippen LogP contribution in [0.1, 0.15) is 10.5 Å². The zero-order valence-electron chi connectivity index (χ0n) is 10.8. The monoisotopic (exact) mass is 309 g/mol. The van der Waals surface area contributed by atoms with Crippen molar-refractivity contribution in [3.8, 4) is 0 Å². The Morgan fingerprint density at radius 2 is 1.77 bits per heavy atom. The molecule has 0 saturated heterocycles. The number of hydrogen-bond donors (Lipinski definition) is 1. The van der Waals surface area contributed by atoms with Gasteiger partial charge in [0.25, 0.3) is 5.91 Å². The fourth-order valence-corrected chi connectivity index (χ4v) is 1.88. The van der Waals surface area contributed by atoms with Gasteiger partial charge in [-0.3, -0.25) is 4.79 Å². The second-order valence-electron chi connectivity index (χ2n) is 4.42. The van der Waals surface area contributed by atoms with Gasteiger partial charge in [-0.1, -0.05) is 0 Å². The molecule has 2 aromatic heterocycles. The van der Waals surface area contributed by atoms with Crippen molar-refractivity contribution in [3.05, 3.63) is 65.6 Å². The van der Waals surface area contributed by atoms with Crippen LogP contribution in [0.4, 0.5) is 23.2 Å². The molecule has 2 heterocycles. The maximum Gasteiger partial charge on any atom is 0.275 e. The molecule has 0 bridgehead atoms. The average molecular weight is 309 g/mol. The van der Waals surface area contributed by atoms with Gasteiger partial charge in [-0.2, -0.15) is 0 Å². The van der Waals surface area contributed by atoms with Crippen molar-refractivity contribution < 1.29 is 22.4 Å². The number of imidazole rings is 1. The topological polar surface area (TPSA) is 46.4 Å². The van der Waals surface area contributed by atoms with Crippen molar-refractivity contribution in [1.82, 2.24) is 9.38 Å². The first-order chi connectivity index (χ1) is 10.5. The molecule has 112 valence electrons. The summed E-state index contributed by atoms with van der Waals surface area (Å²) in [7, 11) is 0. The van der Waals surface area contributed by atoms with Crippen LogP contribution in [0.3, 0.4) is 0 Å². The summed E-state index contributed by atoms with van der Waals surface area (Å²) in [5, 5.41) is 2.08. The number of carbonyl (C=O) groups excluding carboxylic acids is 1. The molecule has 3 aromatic rings. The highest BCUT2D eigenvalue weighted by Gasteiger charge is 2.17. The third-order valence-corrected chi connectivity index (χ3v) is 2.93. The summed E-state index contributed by atoms with van der Waals surface area (Å²) in [6, 6.07) is 4.09. The van der Waals surface area contributed by atoms with E-state index >= 15 is 0 Å². The molecule has 0 aliphatic heterocycles. The molecule has 0 unspecified atom stereocenters. The van der Waals surface area contributed by atoms with Gasteiger partial charge in [0.1, 0.15) is 17.2 Å². The Labute approximate surface area is 121 Å². The molecule has 0 aliphatic rings. The van der Waals surface area contributed by atoms with Crippen LogP contribution in [0, 0.1) is 23.3 Å². The molecule has 0 spiro atoms. The van der Waals surface area contributed by atoms with Crippen molar-refractivity contribution >= 4 is 17.2 Å². The van der Waals surface area contributed by atoms with Gasteiger partial charge in [-0.25, -0.2) is 22.5 Å². The highest BCUT2D eigenvalue weighted by Crippen LogP contribution is 2.20. The van der Waals surface area contributed by atoms with E-state index in [0.29, 0.717) is 11.7 Å². The number of benzene rings is 1. The Bertz CT molecular complexity index is 891. The largest absolute Gasteiger partial charge is 0.318 e. The van der Waals surface area contributed by atoms with E-state index in [0.717, 1.165) is 12.3 Å². The molecule has 0 atom stereocenters. The van der Waals surface area contributed by atoms with Crippen molar-refractivity contribution in [2.24, 2.45) is 0 Å². The lowest BCUT2D eigenvalue weighted by Gasteiger charge is -2.05. The van der Waals surface area contributed by atoms with Gasteiger partial charge in [-0.05, 0) is 24.3 Å². The van der Waals surface area contributed by atoms with Crippen molar-refractivity contribution in [2.75, 3.05) is 5.32 Å². The van der Waals surface area contributed by atoms with E-state index < -0.39 is 34.9 Å². The van der Waals surface area contributed by atoms with Gasteiger partial charge < -0.3 is 9.72 Å². The zero-order chi connectivity index (χ0) is 15.9. The number of pyridine rings is 1. The fraction of sp³-hybridized carbons (Fsp3) is 0. The van der Waals surface area contributed by atoms with Crippen LogP contribution in [0.2, 0.25) is 0 Å². The average Bonchev–Trinajstić information content (AvgIpc) is 2.91. The van der Waals surface area contributed by atoms with E-state index in [4.69, 9.17) is 0 Å². The quantitative estimate of drug-likeness (QED) is 0.584. The molecule has 0 aliphatic carbocycles. The predicted octanol–water partition coefficient (Wildman–Crippen LogP) is 3.14. The molecule has 0 radical (unpaired) electrons. The van der Waals surface area contributed by atoms with Crippen LogP contribution in [0.15, 0.2) is 36.7 Å². The molecule has 4 nitrogen and oxygen atoms in total. The maximum atomic E-state index is 13.5. The third-order valence-electron chi connectivity index (χ3n) is 2.93. The first kappa shape index (κ1) is 14.1. The summed E-state index contributed by atoms with van der Waals surface area (Å²) < 4.78 is 53.7. The lowest BCUT2D eigenvalue weighted by Crippen LogP contribution is -2.14. The minimum absolute atomic E-state index is 0.130. The molecule has 22 heavy (non-hydrogen) atoms. The van der Waals surface area contributed by atoms with Crippen molar-refractivity contribution in [1.29, 1.82) is 0 Å². The first-order valence-corrected chi connectivity index (χ1v) is 6.05. The normalized spacial score (nSPS) is 10.9. The van der Waals surface area contributed by atoms with E-state index in [2.05, 4.69) is 10.3 Å². The van der Waals surface area contributed by atoms with E-state index in [9.17, 15) is 22.4 Å². The van der Waals surface area contributed by atoms with Crippen LogP contribution in [-0.2, 0) is 0 Å². The number of carbonyl (C=O) groups is 1. The van der Waals surface area contributed by atoms with E-state index in [-0.39, 0.29) is 5.69 Å². The van der Waals surface area contributed by atoms with Crippen LogP contribution in [0.5, 0.6) is 0 Å². The number of hydrogen-bond acceptors (Lipinski definition) is 2. The summed E-state index contributed by atoms with van der Waals surface area (Å²) in [6.07, 6.45) is 2.34. The Kier molecular flexibility index (Phi) is 3.28. The number of fused-ring (bicyclic) bond motifs is 1. The van der Waals surface area contributed by atoms with Gasteiger partial charge in [0.15, 0.2) is 17.5 Å². The molecular formula is C14H7F4N3O. The van der Waals surface area contributed by atoms with Crippen LogP contribution in [0.25, 0.3) is 5.65 Å². The van der Waals surface area contributed by atoms with Crippen LogP contribution in [-0.4, -0.2) is 15.3 Å². The predicted molar refractivity (Wildman–Crippen MR) is 69.4 cm³/mol. The lowest BCUT2D eigenvalue weighted by molar-refractivity contribution is 0.102. The second-order valence-corrected chi connectivity index (χ2v) is 4.42. The van der Waals surface area contributed by atoms with Gasteiger partial charge in [0, 0.05) is 12.4 Å². The maximum absolute atomic E-state index is 13.5. The summed E-state index contributed by atoms with van der Waals surface area (Å²) in [4.78, 5) is 15.9. The van der Waals surface area contributed by atoms with Gasteiger partial charge >= 0.3 is 0 Å². The second kappa shape index (κ2) is 5.14. The first-order valence-electron chi connectivity index (χ1n) is 6.05. The Balaban J connectivity index is 1.92. The Hall–Kier alpha value is -2.90. The number of nitrogens with zero attached hydrogens (tertiary/aromatic N) is 2. The van der Waals surface area contributed by atoms with Gasteiger partial charge in [-0.15, -0.1) is 0 Å². The minimum Gasteiger partial charge on any atom is -0.318 e. The summed E-state index contributed by atoms with van der Waals surface area (Å²) >= 11 is 0. The van der Waals surface area contributed by atoms with E-state index in [1.807, 2.05) is 0 Å². The number of aromatic nitrogens is 2. The molecule has 1 N–H and O–H groups in total. The number of nitrogens with one attached hydrogen (secondary N) is 1. The summed E-state index contributed by atoms with van der Waals surface area (Å²) in [5.41, 5.74) is -0.348. The highest BCUT2D eigenvalue weighted by molar-refractivity contribution is 6.03. The summed E-state index contributed by atoms with van der Waals surface area (Å²) in [6.45, 7) is 0. The van der Waals surface area contributed by atoms with Crippen molar-refractivity contribution in [3.63, 3.8) is 0 Å². The molecule has 0 fully saturated rings. The Morgan fingerprint density at radius 1 is 1.00 bits per heavy atom. The molecule has 8 heteroatoms. The highest BCUT2D eigenvalue weighted by atomic mass is 19.2. The molecule has 1 aromatic carbocycles. The molecule has 1 amide bonds. The lowest BCUT2D eigenvalue weighted by atomic mass is 10.2. The summed E-state index contributed by atoms with van der Waals surface area (Å²) in [5.74, 6) is -5.92. The number of amides is 1. The fourth-order valence-electron chi connectivity index (χ4n) is 1.88. The van der Waals surface area contributed by atoms with E-state index in [1.165, 1.54) is 22.7 Å². The SMILES string of the molecule is O=C(Nc1ccc(F)c(F)c1F)c1cn2cc(F)ccc2n1. The molecular weight excluding hydrogens is 302 g/mol. The van der Waals surface area contributed by atoms with Crippen LogP contribution >= 0.6 is 0 Å². The Morgan fingerprint density at radius 3 is 2.55 bits per heavy atom. The molecule has 0 saturated carbocycles.